The van der Waals surface area contributed by atoms with Crippen LogP contribution in [0.3, 0.4) is 0 Å². The van der Waals surface area contributed by atoms with Gasteiger partial charge in [-0.3, -0.25) is 4.79 Å². The van der Waals surface area contributed by atoms with Crippen molar-refractivity contribution >= 4 is 28.5 Å². The van der Waals surface area contributed by atoms with Crippen LogP contribution in [0.5, 0.6) is 0 Å². The molecule has 1 unspecified atom stereocenters. The summed E-state index contributed by atoms with van der Waals surface area (Å²) >= 11 is 2.19. The van der Waals surface area contributed by atoms with Gasteiger partial charge in [0.2, 0.25) is 0 Å². The van der Waals surface area contributed by atoms with Crippen molar-refractivity contribution in [3.05, 3.63) is 33.4 Å². The van der Waals surface area contributed by atoms with Crippen molar-refractivity contribution in [2.24, 2.45) is 0 Å². The molecule has 0 bridgehead atoms. The Balaban J connectivity index is 2.68. The van der Waals surface area contributed by atoms with Crippen LogP contribution in [0, 0.1) is 3.57 Å². The van der Waals surface area contributed by atoms with Gasteiger partial charge in [-0.2, -0.15) is 0 Å². The minimum atomic E-state index is 0.0466. The number of halogens is 1. The molecule has 2 nitrogen and oxygen atoms in total. The van der Waals surface area contributed by atoms with E-state index in [1.165, 1.54) is 0 Å². The van der Waals surface area contributed by atoms with Crippen molar-refractivity contribution in [3.63, 3.8) is 0 Å². The van der Waals surface area contributed by atoms with Gasteiger partial charge in [-0.1, -0.05) is 32.4 Å². The van der Waals surface area contributed by atoms with Gasteiger partial charge >= 0.3 is 0 Å². The molecule has 3 heteroatoms. The Labute approximate surface area is 111 Å². The van der Waals surface area contributed by atoms with E-state index in [4.69, 9.17) is 0 Å². The Kier molecular flexibility index (Phi) is 5.80. The van der Waals surface area contributed by atoms with E-state index >= 15 is 0 Å². The second-order valence-corrected chi connectivity index (χ2v) is 5.01. The van der Waals surface area contributed by atoms with Crippen molar-refractivity contribution in [2.75, 3.05) is 0 Å². The molecule has 88 valence electrons. The lowest BCUT2D eigenvalue weighted by molar-refractivity contribution is 0.0933. The van der Waals surface area contributed by atoms with E-state index in [1.807, 2.05) is 24.3 Å². The minimum Gasteiger partial charge on any atom is -0.349 e. The summed E-state index contributed by atoms with van der Waals surface area (Å²) in [6, 6.07) is 7.97. The normalized spacial score (nSPS) is 12.2. The first kappa shape index (κ1) is 13.5. The second kappa shape index (κ2) is 6.89. The molecule has 0 aliphatic carbocycles. The van der Waals surface area contributed by atoms with Gasteiger partial charge in [-0.15, -0.1) is 0 Å². The third-order valence-electron chi connectivity index (χ3n) is 2.58. The zero-order chi connectivity index (χ0) is 12.0. The van der Waals surface area contributed by atoms with E-state index in [0.717, 1.165) is 28.4 Å². The molecular weight excluding hydrogens is 313 g/mol. The molecule has 1 aromatic carbocycles. The Morgan fingerprint density at radius 1 is 1.38 bits per heavy atom. The molecule has 0 spiro atoms. The lowest BCUT2D eigenvalue weighted by atomic mass is 10.1. The highest BCUT2D eigenvalue weighted by molar-refractivity contribution is 14.1. The molecule has 0 saturated carbocycles. The Morgan fingerprint density at radius 3 is 2.62 bits per heavy atom. The number of carbonyl (C=O) groups is 1. The molecular formula is C13H18INO. The minimum absolute atomic E-state index is 0.0466. The van der Waals surface area contributed by atoms with Crippen LogP contribution in [-0.4, -0.2) is 11.9 Å². The lowest BCUT2D eigenvalue weighted by Gasteiger charge is -2.16. The van der Waals surface area contributed by atoms with Crippen molar-refractivity contribution < 1.29 is 4.79 Å². The van der Waals surface area contributed by atoms with Crippen molar-refractivity contribution in [1.82, 2.24) is 5.32 Å². The van der Waals surface area contributed by atoms with Crippen LogP contribution >= 0.6 is 22.6 Å². The van der Waals surface area contributed by atoms with E-state index in [2.05, 4.69) is 41.8 Å². The fourth-order valence-corrected chi connectivity index (χ4v) is 2.27. The van der Waals surface area contributed by atoms with E-state index < -0.39 is 0 Å². The third-order valence-corrected chi connectivity index (χ3v) is 3.52. The topological polar surface area (TPSA) is 29.1 Å². The number of hydrogen-bond acceptors (Lipinski definition) is 1. The van der Waals surface area contributed by atoms with Crippen LogP contribution in [-0.2, 0) is 0 Å². The molecule has 0 aromatic heterocycles. The summed E-state index contributed by atoms with van der Waals surface area (Å²) in [5, 5.41) is 3.08. The number of benzene rings is 1. The van der Waals surface area contributed by atoms with Crippen LogP contribution in [0.2, 0.25) is 0 Å². The largest absolute Gasteiger partial charge is 0.349 e. The summed E-state index contributed by atoms with van der Waals surface area (Å²) in [5.41, 5.74) is 0.776. The Hall–Kier alpha value is -0.580. The highest BCUT2D eigenvalue weighted by Crippen LogP contribution is 2.12. The monoisotopic (exact) mass is 331 g/mol. The average molecular weight is 331 g/mol. The zero-order valence-corrected chi connectivity index (χ0v) is 12.0. The Bertz CT molecular complexity index is 352. The van der Waals surface area contributed by atoms with Gasteiger partial charge in [0.25, 0.3) is 5.91 Å². The quantitative estimate of drug-likeness (QED) is 0.821. The lowest BCUT2D eigenvalue weighted by Crippen LogP contribution is -2.34. The summed E-state index contributed by atoms with van der Waals surface area (Å²) in [7, 11) is 0. The zero-order valence-electron chi connectivity index (χ0n) is 9.79. The van der Waals surface area contributed by atoms with Gasteiger partial charge in [0.1, 0.15) is 0 Å². The molecule has 1 atom stereocenters. The molecule has 1 aromatic rings. The van der Waals surface area contributed by atoms with E-state index in [-0.39, 0.29) is 5.91 Å². The van der Waals surface area contributed by atoms with Crippen molar-refractivity contribution in [1.29, 1.82) is 0 Å². The third kappa shape index (κ3) is 3.77. The molecule has 0 fully saturated rings. The molecule has 1 N–H and O–H groups in total. The van der Waals surface area contributed by atoms with Crippen LogP contribution in [0.25, 0.3) is 0 Å². The van der Waals surface area contributed by atoms with Gasteiger partial charge in [0, 0.05) is 9.61 Å². The maximum atomic E-state index is 12.0. The summed E-state index contributed by atoms with van der Waals surface area (Å²) < 4.78 is 1.00. The molecule has 1 amide bonds. The number of hydrogen-bond donors (Lipinski definition) is 1. The van der Waals surface area contributed by atoms with Gasteiger partial charge in [-0.25, -0.2) is 0 Å². The van der Waals surface area contributed by atoms with Gasteiger partial charge in [-0.05, 0) is 47.6 Å². The molecule has 0 radical (unpaired) electrons. The molecule has 16 heavy (non-hydrogen) atoms. The summed E-state index contributed by atoms with van der Waals surface area (Å²) in [6.07, 6.45) is 3.14. The first-order valence-corrected chi connectivity index (χ1v) is 6.82. The number of nitrogens with one attached hydrogen (secondary N) is 1. The molecule has 0 aliphatic rings. The van der Waals surface area contributed by atoms with Crippen molar-refractivity contribution in [2.45, 2.75) is 39.2 Å². The number of rotatable bonds is 5. The maximum absolute atomic E-state index is 12.0. The summed E-state index contributed by atoms with van der Waals surface area (Å²) in [6.45, 7) is 4.25. The van der Waals surface area contributed by atoms with E-state index in [0.29, 0.717) is 6.04 Å². The fourth-order valence-electron chi connectivity index (χ4n) is 1.64. The summed E-state index contributed by atoms with van der Waals surface area (Å²) in [5.74, 6) is 0.0466. The van der Waals surface area contributed by atoms with Gasteiger partial charge in [0.15, 0.2) is 0 Å². The highest BCUT2D eigenvalue weighted by atomic mass is 127. The molecule has 0 saturated heterocycles. The fraction of sp³-hybridized carbons (Fsp3) is 0.462. The van der Waals surface area contributed by atoms with Gasteiger partial charge in [0.05, 0.1) is 5.56 Å². The van der Waals surface area contributed by atoms with Crippen molar-refractivity contribution in [3.8, 4) is 0 Å². The van der Waals surface area contributed by atoms with Crippen LogP contribution in [0.1, 0.15) is 43.5 Å². The predicted molar refractivity (Wildman–Crippen MR) is 75.6 cm³/mol. The molecule has 0 heterocycles. The molecule has 1 rings (SSSR count). The Morgan fingerprint density at radius 2 is 2.06 bits per heavy atom. The standard InChI is InChI=1S/C13H18INO/c1-3-7-10(4-2)15-13(16)11-8-5-6-9-12(11)14/h5-6,8-10H,3-4,7H2,1-2H3,(H,15,16). The average Bonchev–Trinajstić information content (AvgIpc) is 2.28. The van der Waals surface area contributed by atoms with Gasteiger partial charge < -0.3 is 5.32 Å². The number of carbonyl (C=O) groups excluding carboxylic acids is 1. The predicted octanol–water partition coefficient (Wildman–Crippen LogP) is 3.60. The highest BCUT2D eigenvalue weighted by Gasteiger charge is 2.13. The summed E-state index contributed by atoms with van der Waals surface area (Å²) in [4.78, 5) is 12.0. The second-order valence-electron chi connectivity index (χ2n) is 3.85. The van der Waals surface area contributed by atoms with E-state index in [9.17, 15) is 4.79 Å². The maximum Gasteiger partial charge on any atom is 0.252 e. The first-order valence-electron chi connectivity index (χ1n) is 5.74. The molecule has 0 aliphatic heterocycles. The van der Waals surface area contributed by atoms with E-state index in [1.54, 1.807) is 0 Å². The van der Waals surface area contributed by atoms with Crippen LogP contribution in [0.4, 0.5) is 0 Å². The van der Waals surface area contributed by atoms with Crippen LogP contribution < -0.4 is 5.32 Å². The SMILES string of the molecule is CCCC(CC)NC(=O)c1ccccc1I. The smallest absolute Gasteiger partial charge is 0.252 e. The van der Waals surface area contributed by atoms with Crippen LogP contribution in [0.15, 0.2) is 24.3 Å². The first-order chi connectivity index (χ1) is 7.69. The number of amides is 1.